The number of esters is 1. The van der Waals surface area contributed by atoms with Gasteiger partial charge >= 0.3 is 24.0 Å². The highest BCUT2D eigenvalue weighted by atomic mass is 33.1. The third-order valence-electron chi connectivity index (χ3n) is 17.8. The molecule has 14 N–H and O–H groups in total. The number of nitrogens with one attached hydrogen (secondary N) is 9. The Labute approximate surface area is 610 Å². The third kappa shape index (κ3) is 21.9. The number of ether oxygens (including phenoxy) is 4. The van der Waals surface area contributed by atoms with Gasteiger partial charge in [-0.15, -0.1) is 0 Å². The van der Waals surface area contributed by atoms with E-state index in [-0.39, 0.29) is 167 Å². The van der Waals surface area contributed by atoms with Crippen LogP contribution in [0.15, 0.2) is 53.5 Å². The first kappa shape index (κ1) is 80.3. The summed E-state index contributed by atoms with van der Waals surface area (Å²) in [5, 5.41) is 39.8. The fourth-order valence-corrected chi connectivity index (χ4v) is 14.2. The highest BCUT2D eigenvalue weighted by Crippen LogP contribution is 2.44. The molecule has 0 aliphatic carbocycles. The number of carbonyl (C=O) groups excluding carboxylic acids is 8. The Morgan fingerprint density at radius 1 is 0.714 bits per heavy atom. The van der Waals surface area contributed by atoms with Gasteiger partial charge in [0.15, 0.2) is 16.9 Å². The van der Waals surface area contributed by atoms with Crippen molar-refractivity contribution in [1.29, 1.82) is 0 Å². The number of hydrazine groups is 1. The number of carboxylic acid groups (broad SMARTS) is 2. The summed E-state index contributed by atoms with van der Waals surface area (Å²) in [6, 6.07) is 9.15. The molecule has 562 valence electrons. The number of rotatable bonds is 37. The lowest BCUT2D eigenvalue weighted by atomic mass is 9.85. The summed E-state index contributed by atoms with van der Waals surface area (Å²) < 4.78 is 21.4. The molecule has 1 aromatic carbocycles. The van der Waals surface area contributed by atoms with Crippen molar-refractivity contribution in [2.24, 2.45) is 0 Å². The van der Waals surface area contributed by atoms with Gasteiger partial charge in [-0.25, -0.2) is 29.8 Å². The van der Waals surface area contributed by atoms with Crippen LogP contribution >= 0.6 is 21.6 Å². The van der Waals surface area contributed by atoms with Gasteiger partial charge in [0.1, 0.15) is 24.5 Å². The maximum atomic E-state index is 14.5. The van der Waals surface area contributed by atoms with Crippen molar-refractivity contribution in [1.82, 2.24) is 66.7 Å². The fourth-order valence-electron chi connectivity index (χ4n) is 12.2. The zero-order valence-corrected chi connectivity index (χ0v) is 60.7. The van der Waals surface area contributed by atoms with E-state index in [0.717, 1.165) is 28.6 Å². The number of ketones is 2. The molecule has 5 amide bonds. The van der Waals surface area contributed by atoms with Crippen LogP contribution in [0.5, 0.6) is 0 Å². The second-order valence-electron chi connectivity index (χ2n) is 25.0. The molecule has 0 saturated heterocycles. The molecule has 7 heterocycles. The van der Waals surface area contributed by atoms with E-state index >= 15 is 0 Å². The van der Waals surface area contributed by atoms with Gasteiger partial charge in [-0.1, -0.05) is 42.4 Å². The summed E-state index contributed by atoms with van der Waals surface area (Å²) in [7, 11) is 3.52. The van der Waals surface area contributed by atoms with Gasteiger partial charge in [0, 0.05) is 125 Å². The van der Waals surface area contributed by atoms with Gasteiger partial charge in [-0.3, -0.25) is 58.7 Å². The van der Waals surface area contributed by atoms with Crippen LogP contribution in [0.25, 0.3) is 33.2 Å². The quantitative estimate of drug-likeness (QED) is 0.00709. The normalized spacial score (nSPS) is 15.2. The number of carboxylic acids is 2. The number of hydrogen-bond acceptors (Lipinski definition) is 25. The number of nitrogen functional groups attached to an aromatic ring is 1. The molecule has 0 saturated carbocycles. The summed E-state index contributed by atoms with van der Waals surface area (Å²) in [6.45, 7) is 11.3. The number of hydrogen-bond donors (Lipinski definition) is 13. The Hall–Kier alpha value is -10.4. The topological polar surface area (TPSA) is 495 Å². The van der Waals surface area contributed by atoms with Crippen LogP contribution in [0, 0.1) is 13.8 Å². The van der Waals surface area contributed by atoms with Crippen molar-refractivity contribution in [3.63, 3.8) is 0 Å². The Balaban J connectivity index is 0.776. The predicted octanol–water partition coefficient (Wildman–Crippen LogP) is 5.90. The molecule has 0 fully saturated rings. The monoisotopic (exact) mass is 1490 g/mol. The molecular formula is C70H87N15O18S2. The van der Waals surface area contributed by atoms with Crippen LogP contribution in [0.2, 0.25) is 0 Å². The lowest BCUT2D eigenvalue weighted by Crippen LogP contribution is -2.42. The van der Waals surface area contributed by atoms with Crippen LogP contribution in [-0.2, 0) is 60.7 Å². The number of H-pyrrole nitrogens is 3. The van der Waals surface area contributed by atoms with E-state index in [2.05, 4.69) is 75.9 Å². The third-order valence-corrected chi connectivity index (χ3v) is 20.2. The number of amides is 5. The van der Waals surface area contributed by atoms with Crippen molar-refractivity contribution in [3.8, 4) is 0 Å². The van der Waals surface area contributed by atoms with E-state index in [4.69, 9.17) is 34.6 Å². The number of aromatic nitrogens is 8. The number of aliphatic hydroxyl groups excluding tert-OH is 1. The molecule has 0 spiro atoms. The second-order valence-corrected chi connectivity index (χ2v) is 27.6. The number of methoxy groups -OCH3 is 1. The number of aryl methyl sites for hydroxylation is 2. The lowest BCUT2D eigenvalue weighted by Gasteiger charge is -2.18. The van der Waals surface area contributed by atoms with Crippen molar-refractivity contribution in [2.75, 3.05) is 75.9 Å². The van der Waals surface area contributed by atoms with E-state index in [1.165, 1.54) is 43.2 Å². The predicted molar refractivity (Wildman–Crippen MR) is 389 cm³/mol. The highest BCUT2D eigenvalue weighted by molar-refractivity contribution is 8.76. The number of benzene rings is 1. The minimum absolute atomic E-state index is 0.0175. The van der Waals surface area contributed by atoms with Crippen LogP contribution in [0.4, 0.5) is 16.4 Å². The second kappa shape index (κ2) is 38.4. The number of nitrogens with zero attached hydrogens (tertiary/aromatic N) is 5. The van der Waals surface area contributed by atoms with Gasteiger partial charge in [0.05, 0.1) is 80.7 Å². The molecule has 6 atom stereocenters. The molecule has 8 rings (SSSR count). The number of nitrogens with two attached hydrogens (primary N) is 1. The van der Waals surface area contributed by atoms with Crippen LogP contribution < -0.4 is 43.4 Å². The van der Waals surface area contributed by atoms with Gasteiger partial charge in [-0.05, 0) is 100 Å². The maximum Gasteiger partial charge on any atom is 0.426 e. The van der Waals surface area contributed by atoms with E-state index < -0.39 is 77.1 Å². The summed E-state index contributed by atoms with van der Waals surface area (Å²) in [4.78, 5) is 174. The summed E-state index contributed by atoms with van der Waals surface area (Å²) in [6.07, 6.45) is 0.546. The Morgan fingerprint density at radius 2 is 1.41 bits per heavy atom. The zero-order valence-electron chi connectivity index (χ0n) is 59.1. The van der Waals surface area contributed by atoms with E-state index in [1.807, 2.05) is 32.0 Å². The number of carbonyl (C=O) groups is 10. The molecule has 33 nitrogen and oxygen atoms in total. The lowest BCUT2D eigenvalue weighted by molar-refractivity contribution is -0.141. The Bertz CT molecular complexity index is 4450. The number of aliphatic carboxylic acids is 2. The van der Waals surface area contributed by atoms with E-state index in [0.29, 0.717) is 67.1 Å². The van der Waals surface area contributed by atoms with Crippen molar-refractivity contribution in [2.45, 2.75) is 142 Å². The molecule has 6 aromatic rings. The van der Waals surface area contributed by atoms with Gasteiger partial charge < -0.3 is 71.2 Å². The number of aromatic amines is 3. The van der Waals surface area contributed by atoms with Crippen molar-refractivity contribution >= 4 is 126 Å². The average Bonchev–Trinajstić information content (AvgIpc) is 1.63. The number of fused-ring (bicyclic) bond motifs is 9. The van der Waals surface area contributed by atoms with E-state index in [9.17, 15) is 68.1 Å². The summed E-state index contributed by atoms with van der Waals surface area (Å²) in [5.41, 5.74) is 17.7. The average molecular weight is 1490 g/mol. The van der Waals surface area contributed by atoms with Crippen molar-refractivity contribution in [3.05, 3.63) is 121 Å². The summed E-state index contributed by atoms with van der Waals surface area (Å²) in [5.74, 6) is -7.10. The van der Waals surface area contributed by atoms with Gasteiger partial charge in [-0.2, -0.15) is 4.98 Å². The van der Waals surface area contributed by atoms with Crippen LogP contribution in [-0.4, -0.2) is 191 Å². The first-order chi connectivity index (χ1) is 50.3. The fraction of sp³-hybridized carbons (Fsp3) is 0.457. The molecule has 35 heteroatoms. The molecule has 2 aliphatic rings. The number of Topliss-reactive ketones (excluding diaryl/α,β-unsaturated/α-hetero) is 2. The highest BCUT2D eigenvalue weighted by Gasteiger charge is 2.35. The molecular weight excluding hydrogens is 1400 g/mol. The van der Waals surface area contributed by atoms with Crippen LogP contribution in [0.1, 0.15) is 179 Å². The molecule has 105 heavy (non-hydrogen) atoms. The smallest absolute Gasteiger partial charge is 0.426 e. The molecule has 5 aromatic heterocycles. The first-order valence-corrected chi connectivity index (χ1v) is 36.6. The van der Waals surface area contributed by atoms with Gasteiger partial charge in [0.2, 0.25) is 17.8 Å². The van der Waals surface area contributed by atoms with Crippen LogP contribution in [0.3, 0.4) is 0 Å². The molecule has 0 radical (unpaired) electrons. The molecule has 2 aliphatic heterocycles. The first-order valence-electron chi connectivity index (χ1n) is 34.1. The molecule has 0 unspecified atom stereocenters. The molecule has 8 bridgehead atoms. The largest absolute Gasteiger partial charge is 0.480 e. The minimum atomic E-state index is -1.36. The van der Waals surface area contributed by atoms with Crippen molar-refractivity contribution < 1.29 is 82.2 Å². The zero-order chi connectivity index (χ0) is 76.0. The minimum Gasteiger partial charge on any atom is -0.480 e. The maximum absolute atomic E-state index is 14.5. The number of aliphatic hydroxyl groups is 1. The Kier molecular flexibility index (Phi) is 29.4. The number of anilines is 2. The Morgan fingerprint density at radius 3 is 2.12 bits per heavy atom. The van der Waals surface area contributed by atoms with E-state index in [1.54, 1.807) is 19.1 Å². The standard InChI is InChI=1S/C70H87N15O18S2/c1-8-44-35(2)48-31-53-58(39(6)87)37(4)50(77-53)29-49-36(3)45(60(79-49)46(28-57(91)100-7)61-59(65(93)72-20-24-102-25-21-86)38(5)51(80-61)30-52(44)76-48)16-18-56(90)84-85-70(99)103-26-27-104-105-34-54(68(97)98)78-55(89)19-23-101-22-9-10-43(88)15-17-47(67(95)96)81-64(92)40-11-13-41(14-12-40)73-32-42-33-74-63-62(75-42)66(94)83-69(71)82-63/h11-14,29-31,33,35-36,44-45,47,54,73,77,80,86H,8-10,15-28,32,34H2,1-7H3,(H,72,93)(H,78,89)(H,81,92)(H,84,90)(H,85,99)(H,95,96)(H,97,98)(H3,71,74,82,83,94)/t35-,36+,44-,45+,47+,54+/m1/s1. The van der Waals surface area contributed by atoms with Gasteiger partial charge in [0.25, 0.3) is 17.4 Å². The SMILES string of the molecule is CC[C@H]1c2cc3[nH]c(c(CC(=O)OC)c4nc(cc5[nH]c(cc(n2)[C@@H]1C)c(C(C)=O)c5C)[C@@H](C)[C@@H]4CCC(=O)NNC(=O)OCCSSC[C@H](NC(=O)CCOCCCC(=O)CC[C@H](NC(=O)c1ccc(NCc2cnc4nc(N)[nH]c(=O)c4n2)cc1)C(=O)O)C(=O)O)c(C(=O)NCCOCCO)c3C. The summed E-state index contributed by atoms with van der Waals surface area (Å²) >= 11 is 0.